The van der Waals surface area contributed by atoms with Crippen LogP contribution in [0.15, 0.2) is 18.2 Å². The Labute approximate surface area is 99.1 Å². The van der Waals surface area contributed by atoms with Gasteiger partial charge in [-0.25, -0.2) is 0 Å². The van der Waals surface area contributed by atoms with Crippen molar-refractivity contribution in [1.82, 2.24) is 0 Å². The fourth-order valence-electron chi connectivity index (χ4n) is 2.04. The van der Waals surface area contributed by atoms with E-state index in [0.29, 0.717) is 0 Å². The molecule has 1 heterocycles. The van der Waals surface area contributed by atoms with E-state index in [1.807, 2.05) is 0 Å². The third-order valence-electron chi connectivity index (χ3n) is 2.95. The standard InChI is InChI=1S/C11H15N3O3/c1-17-11-6-9(2-3-10(11)14(15)16)13-5-4-8(12)7-13/h2-3,6,8H,4-5,7,12H2,1H3. The van der Waals surface area contributed by atoms with E-state index >= 15 is 0 Å². The molecule has 6 nitrogen and oxygen atoms in total. The maximum absolute atomic E-state index is 10.8. The molecule has 0 aromatic heterocycles. The van der Waals surface area contributed by atoms with Crippen molar-refractivity contribution >= 4 is 11.4 Å². The predicted octanol–water partition coefficient (Wildman–Crippen LogP) is 1.14. The zero-order valence-corrected chi connectivity index (χ0v) is 9.63. The molecular weight excluding hydrogens is 222 g/mol. The number of nitrogens with zero attached hydrogens (tertiary/aromatic N) is 2. The Kier molecular flexibility index (Phi) is 3.14. The molecule has 1 saturated heterocycles. The summed E-state index contributed by atoms with van der Waals surface area (Å²) in [6, 6.07) is 5.07. The van der Waals surface area contributed by atoms with Crippen LogP contribution in [0.3, 0.4) is 0 Å². The molecule has 0 amide bonds. The Hall–Kier alpha value is -1.82. The SMILES string of the molecule is COc1cc(N2CCC(N)C2)ccc1[N+](=O)[O-]. The van der Waals surface area contributed by atoms with Gasteiger partial charge in [0.15, 0.2) is 5.75 Å². The van der Waals surface area contributed by atoms with E-state index in [1.165, 1.54) is 13.2 Å². The van der Waals surface area contributed by atoms with Crippen molar-refractivity contribution in [1.29, 1.82) is 0 Å². The number of methoxy groups -OCH3 is 1. The fraction of sp³-hybridized carbons (Fsp3) is 0.455. The Balaban J connectivity index is 2.28. The molecule has 1 unspecified atom stereocenters. The fourth-order valence-corrected chi connectivity index (χ4v) is 2.04. The van der Waals surface area contributed by atoms with Gasteiger partial charge in [-0.1, -0.05) is 0 Å². The third kappa shape index (κ3) is 2.31. The molecule has 17 heavy (non-hydrogen) atoms. The Morgan fingerprint density at radius 2 is 2.35 bits per heavy atom. The highest BCUT2D eigenvalue weighted by Crippen LogP contribution is 2.32. The third-order valence-corrected chi connectivity index (χ3v) is 2.95. The minimum absolute atomic E-state index is 0.0141. The molecule has 0 radical (unpaired) electrons. The lowest BCUT2D eigenvalue weighted by atomic mass is 10.2. The van der Waals surface area contributed by atoms with E-state index < -0.39 is 4.92 Å². The number of nitrogens with two attached hydrogens (primary N) is 1. The summed E-state index contributed by atoms with van der Waals surface area (Å²) in [4.78, 5) is 12.4. The van der Waals surface area contributed by atoms with E-state index in [2.05, 4.69) is 4.90 Å². The number of rotatable bonds is 3. The summed E-state index contributed by atoms with van der Waals surface area (Å²) in [5.41, 5.74) is 6.73. The smallest absolute Gasteiger partial charge is 0.311 e. The highest BCUT2D eigenvalue weighted by atomic mass is 16.6. The van der Waals surface area contributed by atoms with Crippen molar-refractivity contribution in [3.8, 4) is 5.75 Å². The molecule has 0 saturated carbocycles. The Morgan fingerprint density at radius 3 is 2.88 bits per heavy atom. The van der Waals surface area contributed by atoms with Gasteiger partial charge in [0.2, 0.25) is 0 Å². The molecule has 2 rings (SSSR count). The van der Waals surface area contributed by atoms with Crippen LogP contribution in [0, 0.1) is 10.1 Å². The zero-order valence-electron chi connectivity index (χ0n) is 9.63. The minimum Gasteiger partial charge on any atom is -0.490 e. The Morgan fingerprint density at radius 1 is 1.59 bits per heavy atom. The predicted molar refractivity (Wildman–Crippen MR) is 64.5 cm³/mol. The number of nitro groups is 1. The van der Waals surface area contributed by atoms with Crippen molar-refractivity contribution < 1.29 is 9.66 Å². The normalized spacial score (nSPS) is 19.4. The van der Waals surface area contributed by atoms with E-state index in [4.69, 9.17) is 10.5 Å². The molecule has 1 aliphatic rings. The van der Waals surface area contributed by atoms with Crippen LogP contribution in [0.4, 0.5) is 11.4 Å². The van der Waals surface area contributed by atoms with E-state index in [-0.39, 0.29) is 17.5 Å². The van der Waals surface area contributed by atoms with Crippen LogP contribution in [0.2, 0.25) is 0 Å². The summed E-state index contributed by atoms with van der Waals surface area (Å²) >= 11 is 0. The van der Waals surface area contributed by atoms with Gasteiger partial charge < -0.3 is 15.4 Å². The quantitative estimate of drug-likeness (QED) is 0.629. The van der Waals surface area contributed by atoms with Crippen molar-refractivity contribution in [2.75, 3.05) is 25.1 Å². The van der Waals surface area contributed by atoms with Gasteiger partial charge in [0, 0.05) is 37.0 Å². The van der Waals surface area contributed by atoms with Gasteiger partial charge in [0.1, 0.15) is 0 Å². The van der Waals surface area contributed by atoms with E-state index in [0.717, 1.165) is 25.2 Å². The van der Waals surface area contributed by atoms with E-state index in [1.54, 1.807) is 12.1 Å². The highest BCUT2D eigenvalue weighted by molar-refractivity contribution is 5.59. The molecule has 0 aliphatic carbocycles. The van der Waals surface area contributed by atoms with Crippen molar-refractivity contribution in [2.45, 2.75) is 12.5 Å². The summed E-state index contributed by atoms with van der Waals surface area (Å²) in [5, 5.41) is 10.8. The van der Waals surface area contributed by atoms with Crippen LogP contribution < -0.4 is 15.4 Å². The first-order valence-electron chi connectivity index (χ1n) is 5.45. The first kappa shape index (κ1) is 11.7. The largest absolute Gasteiger partial charge is 0.490 e. The zero-order chi connectivity index (χ0) is 12.4. The lowest BCUT2D eigenvalue weighted by molar-refractivity contribution is -0.385. The number of nitro benzene ring substituents is 1. The lowest BCUT2D eigenvalue weighted by Crippen LogP contribution is -2.26. The number of benzene rings is 1. The maximum atomic E-state index is 10.8. The maximum Gasteiger partial charge on any atom is 0.311 e. The van der Waals surface area contributed by atoms with Gasteiger partial charge >= 0.3 is 5.69 Å². The monoisotopic (exact) mass is 237 g/mol. The van der Waals surface area contributed by atoms with Gasteiger partial charge in [-0.15, -0.1) is 0 Å². The molecule has 1 aromatic carbocycles. The van der Waals surface area contributed by atoms with Gasteiger partial charge in [0.25, 0.3) is 0 Å². The van der Waals surface area contributed by atoms with Gasteiger partial charge in [-0.3, -0.25) is 10.1 Å². The molecule has 0 bridgehead atoms. The molecule has 2 N–H and O–H groups in total. The first-order chi connectivity index (χ1) is 8.11. The van der Waals surface area contributed by atoms with Gasteiger partial charge in [0.05, 0.1) is 12.0 Å². The van der Waals surface area contributed by atoms with Gasteiger partial charge in [-0.2, -0.15) is 0 Å². The number of hydrogen-bond acceptors (Lipinski definition) is 5. The average molecular weight is 237 g/mol. The van der Waals surface area contributed by atoms with Crippen LogP contribution in [0.1, 0.15) is 6.42 Å². The molecule has 1 aliphatic heterocycles. The summed E-state index contributed by atoms with van der Waals surface area (Å²) in [5.74, 6) is 0.285. The second kappa shape index (κ2) is 4.58. The molecular formula is C11H15N3O3. The highest BCUT2D eigenvalue weighted by Gasteiger charge is 2.22. The first-order valence-corrected chi connectivity index (χ1v) is 5.45. The van der Waals surface area contributed by atoms with E-state index in [9.17, 15) is 10.1 Å². The number of hydrogen-bond donors (Lipinski definition) is 1. The molecule has 1 fully saturated rings. The van der Waals surface area contributed by atoms with Gasteiger partial charge in [-0.05, 0) is 12.5 Å². The summed E-state index contributed by atoms with van der Waals surface area (Å²) in [6.07, 6.45) is 0.944. The molecule has 0 spiro atoms. The summed E-state index contributed by atoms with van der Waals surface area (Å²) in [6.45, 7) is 1.66. The minimum atomic E-state index is -0.446. The number of ether oxygens (including phenoxy) is 1. The van der Waals surface area contributed by atoms with Crippen molar-refractivity contribution in [3.05, 3.63) is 28.3 Å². The molecule has 6 heteroatoms. The molecule has 1 atom stereocenters. The van der Waals surface area contributed by atoms with Crippen molar-refractivity contribution in [2.24, 2.45) is 5.73 Å². The van der Waals surface area contributed by atoms with Crippen LogP contribution in [-0.2, 0) is 0 Å². The average Bonchev–Trinajstić information content (AvgIpc) is 2.75. The summed E-state index contributed by atoms with van der Waals surface area (Å²) in [7, 11) is 1.43. The second-order valence-electron chi connectivity index (χ2n) is 4.11. The van der Waals surface area contributed by atoms with Crippen LogP contribution in [0.25, 0.3) is 0 Å². The van der Waals surface area contributed by atoms with Crippen LogP contribution in [0.5, 0.6) is 5.75 Å². The number of anilines is 1. The lowest BCUT2D eigenvalue weighted by Gasteiger charge is -2.18. The van der Waals surface area contributed by atoms with Crippen LogP contribution >= 0.6 is 0 Å². The second-order valence-corrected chi connectivity index (χ2v) is 4.11. The topological polar surface area (TPSA) is 81.6 Å². The van der Waals surface area contributed by atoms with Crippen molar-refractivity contribution in [3.63, 3.8) is 0 Å². The molecule has 1 aromatic rings. The Bertz CT molecular complexity index is 436. The molecule has 92 valence electrons. The summed E-state index contributed by atoms with van der Waals surface area (Å²) < 4.78 is 5.03. The van der Waals surface area contributed by atoms with Crippen LogP contribution in [-0.4, -0.2) is 31.2 Å².